The summed E-state index contributed by atoms with van der Waals surface area (Å²) < 4.78 is 45.2. The molecule has 7 heteroatoms. The zero-order chi connectivity index (χ0) is 25.2. The van der Waals surface area contributed by atoms with E-state index >= 15 is 0 Å². The molecule has 0 aliphatic rings. The second-order valence-electron chi connectivity index (χ2n) is 9.05. The number of hydrogen-bond donors (Lipinski definition) is 0. The Morgan fingerprint density at radius 2 is 1.21 bits per heavy atom. The molecule has 0 aliphatic heterocycles. The van der Waals surface area contributed by atoms with Crippen molar-refractivity contribution in [1.82, 2.24) is 4.90 Å². The lowest BCUT2D eigenvalue weighted by molar-refractivity contribution is -0.144. The molecule has 0 fully saturated rings. The van der Waals surface area contributed by atoms with Crippen LogP contribution < -0.4 is 0 Å². The van der Waals surface area contributed by atoms with Gasteiger partial charge in [0, 0.05) is 7.05 Å². The highest BCUT2D eigenvalue weighted by Crippen LogP contribution is 2.17. The normalized spacial score (nSPS) is 11.0. The third kappa shape index (κ3) is 12.4. The Morgan fingerprint density at radius 3 is 1.71 bits per heavy atom. The first-order chi connectivity index (χ1) is 16.4. The lowest BCUT2D eigenvalue weighted by Crippen LogP contribution is -2.33. The zero-order valence-corrected chi connectivity index (χ0v) is 21.0. The lowest BCUT2D eigenvalue weighted by atomic mass is 10.0. The van der Waals surface area contributed by atoms with Crippen molar-refractivity contribution in [2.24, 2.45) is 0 Å². The largest absolute Gasteiger partial charge is 0.464 e. The van der Waals surface area contributed by atoms with Crippen molar-refractivity contribution in [3.05, 3.63) is 35.1 Å². The summed E-state index contributed by atoms with van der Waals surface area (Å²) in [5.74, 6) is -6.19. The van der Waals surface area contributed by atoms with E-state index in [0.29, 0.717) is 6.07 Å². The fraction of sp³-hybridized carbons (Fsp3) is 0.704. The maximum absolute atomic E-state index is 13.7. The van der Waals surface area contributed by atoms with E-state index in [1.807, 2.05) is 0 Å². The molecular weight excluding hydrogens is 443 g/mol. The number of likely N-dealkylation sites (N-methyl/N-ethyl adjacent to an activating group) is 1. The molecule has 0 heterocycles. The molecular formula is C27H42F3NO3. The number of unbranched alkanes of at least 4 members (excludes halogenated alkanes) is 14. The minimum absolute atomic E-state index is 0.263. The number of nitrogens with zero attached hydrogens (tertiary/aromatic N) is 1. The van der Waals surface area contributed by atoms with Gasteiger partial charge >= 0.3 is 5.97 Å². The van der Waals surface area contributed by atoms with Gasteiger partial charge in [-0.3, -0.25) is 9.59 Å². The van der Waals surface area contributed by atoms with Gasteiger partial charge in [-0.25, -0.2) is 13.2 Å². The van der Waals surface area contributed by atoms with Gasteiger partial charge in [-0.1, -0.05) is 96.8 Å². The van der Waals surface area contributed by atoms with Crippen molar-refractivity contribution >= 4 is 11.9 Å². The van der Waals surface area contributed by atoms with Crippen molar-refractivity contribution in [2.45, 2.75) is 103 Å². The molecule has 0 bridgehead atoms. The molecule has 34 heavy (non-hydrogen) atoms. The predicted octanol–water partition coefficient (Wildman–Crippen LogP) is 7.59. The van der Waals surface area contributed by atoms with E-state index in [1.54, 1.807) is 0 Å². The van der Waals surface area contributed by atoms with E-state index in [1.165, 1.54) is 84.1 Å². The molecule has 0 radical (unpaired) electrons. The number of benzene rings is 1. The highest BCUT2D eigenvalue weighted by atomic mass is 19.2. The van der Waals surface area contributed by atoms with Crippen LogP contribution in [0.5, 0.6) is 0 Å². The minimum atomic E-state index is -1.71. The first-order valence-electron chi connectivity index (χ1n) is 12.9. The molecule has 1 aromatic rings. The van der Waals surface area contributed by atoms with E-state index in [0.717, 1.165) is 30.2 Å². The summed E-state index contributed by atoms with van der Waals surface area (Å²) in [6.45, 7) is 2.12. The van der Waals surface area contributed by atoms with Gasteiger partial charge in [0.25, 0.3) is 5.91 Å². The van der Waals surface area contributed by atoms with Crippen LogP contribution in [0.15, 0.2) is 12.1 Å². The van der Waals surface area contributed by atoms with Crippen LogP contribution in [-0.4, -0.2) is 37.0 Å². The number of amides is 1. The summed E-state index contributed by atoms with van der Waals surface area (Å²) in [6.07, 6.45) is 18.7. The fourth-order valence-electron chi connectivity index (χ4n) is 3.87. The molecule has 0 N–H and O–H groups in total. The quantitative estimate of drug-likeness (QED) is 0.115. The Labute approximate surface area is 203 Å². The van der Waals surface area contributed by atoms with Gasteiger partial charge in [0.15, 0.2) is 17.5 Å². The Kier molecular flexibility index (Phi) is 16.1. The van der Waals surface area contributed by atoms with E-state index in [9.17, 15) is 22.8 Å². The van der Waals surface area contributed by atoms with Crippen LogP contribution in [0.4, 0.5) is 13.2 Å². The molecule has 0 unspecified atom stereocenters. The first kappa shape index (κ1) is 30.0. The molecule has 0 atom stereocenters. The average molecular weight is 486 g/mol. The number of hydrogen-bond acceptors (Lipinski definition) is 3. The van der Waals surface area contributed by atoms with Gasteiger partial charge in [0.05, 0.1) is 12.2 Å². The molecule has 1 aromatic carbocycles. The van der Waals surface area contributed by atoms with Crippen molar-refractivity contribution in [3.8, 4) is 0 Å². The molecule has 0 saturated heterocycles. The smallest absolute Gasteiger partial charge is 0.325 e. The van der Waals surface area contributed by atoms with Crippen LogP contribution in [0.2, 0.25) is 0 Å². The molecule has 1 amide bonds. The van der Waals surface area contributed by atoms with Crippen LogP contribution in [0.1, 0.15) is 114 Å². The highest BCUT2D eigenvalue weighted by Gasteiger charge is 2.23. The monoisotopic (exact) mass is 485 g/mol. The molecule has 4 nitrogen and oxygen atoms in total. The van der Waals surface area contributed by atoms with E-state index < -0.39 is 41.4 Å². The standard InChI is InChI=1S/C27H42F3NO3/c1-3-4-5-6-7-8-9-10-11-12-13-14-15-16-17-20-34-24(32)21-31(2)27(33)22-18-19-23(28)26(30)25(22)29/h18-19H,3-17,20-21H2,1-2H3. The van der Waals surface area contributed by atoms with Crippen molar-refractivity contribution in [2.75, 3.05) is 20.2 Å². The Morgan fingerprint density at radius 1 is 0.735 bits per heavy atom. The number of carbonyl (C=O) groups is 2. The minimum Gasteiger partial charge on any atom is -0.464 e. The highest BCUT2D eigenvalue weighted by molar-refractivity contribution is 5.96. The maximum Gasteiger partial charge on any atom is 0.325 e. The fourth-order valence-corrected chi connectivity index (χ4v) is 3.87. The molecule has 1 rings (SSSR count). The van der Waals surface area contributed by atoms with Crippen molar-refractivity contribution in [1.29, 1.82) is 0 Å². The lowest BCUT2D eigenvalue weighted by Gasteiger charge is -2.17. The predicted molar refractivity (Wildman–Crippen MR) is 129 cm³/mol. The number of carbonyl (C=O) groups excluding carboxylic acids is 2. The Balaban J connectivity index is 2.01. The molecule has 0 saturated carbocycles. The van der Waals surface area contributed by atoms with Gasteiger partial charge in [0.1, 0.15) is 6.54 Å². The third-order valence-corrected chi connectivity index (χ3v) is 5.99. The molecule has 194 valence electrons. The summed E-state index contributed by atoms with van der Waals surface area (Å²) in [6, 6.07) is 1.53. The molecule has 0 spiro atoms. The van der Waals surface area contributed by atoms with E-state index in [2.05, 4.69) is 6.92 Å². The Bertz CT molecular complexity index is 727. The second kappa shape index (κ2) is 18.3. The van der Waals surface area contributed by atoms with Gasteiger partial charge < -0.3 is 9.64 Å². The third-order valence-electron chi connectivity index (χ3n) is 5.99. The first-order valence-corrected chi connectivity index (χ1v) is 12.9. The summed E-state index contributed by atoms with van der Waals surface area (Å²) in [4.78, 5) is 25.0. The summed E-state index contributed by atoms with van der Waals surface area (Å²) in [7, 11) is 1.28. The number of halogens is 3. The zero-order valence-electron chi connectivity index (χ0n) is 21.0. The van der Waals surface area contributed by atoms with Gasteiger partial charge in [-0.2, -0.15) is 0 Å². The summed E-state index contributed by atoms with van der Waals surface area (Å²) >= 11 is 0. The van der Waals surface area contributed by atoms with Crippen LogP contribution in [0.3, 0.4) is 0 Å². The average Bonchev–Trinajstić information content (AvgIpc) is 2.82. The molecule has 0 aliphatic carbocycles. The maximum atomic E-state index is 13.7. The van der Waals surface area contributed by atoms with Gasteiger partial charge in [-0.15, -0.1) is 0 Å². The van der Waals surface area contributed by atoms with E-state index in [-0.39, 0.29) is 6.61 Å². The topological polar surface area (TPSA) is 46.6 Å². The molecule has 0 aromatic heterocycles. The van der Waals surface area contributed by atoms with Gasteiger partial charge in [0.2, 0.25) is 0 Å². The second-order valence-corrected chi connectivity index (χ2v) is 9.05. The Hall–Kier alpha value is -2.05. The van der Waals surface area contributed by atoms with Crippen molar-refractivity contribution < 1.29 is 27.5 Å². The van der Waals surface area contributed by atoms with Crippen LogP contribution in [0, 0.1) is 17.5 Å². The summed E-state index contributed by atoms with van der Waals surface area (Å²) in [5.41, 5.74) is -0.628. The van der Waals surface area contributed by atoms with Crippen LogP contribution in [-0.2, 0) is 9.53 Å². The number of esters is 1. The van der Waals surface area contributed by atoms with Gasteiger partial charge in [-0.05, 0) is 18.6 Å². The van der Waals surface area contributed by atoms with Crippen LogP contribution in [0.25, 0.3) is 0 Å². The van der Waals surface area contributed by atoms with Crippen LogP contribution >= 0.6 is 0 Å². The summed E-state index contributed by atoms with van der Waals surface area (Å²) in [5, 5.41) is 0. The van der Waals surface area contributed by atoms with E-state index in [4.69, 9.17) is 4.74 Å². The number of ether oxygens (including phenoxy) is 1. The number of rotatable bonds is 19. The van der Waals surface area contributed by atoms with Crippen molar-refractivity contribution in [3.63, 3.8) is 0 Å². The SMILES string of the molecule is CCCCCCCCCCCCCCCCCOC(=O)CN(C)C(=O)c1ccc(F)c(F)c1F.